The van der Waals surface area contributed by atoms with Crippen molar-refractivity contribution < 1.29 is 14.6 Å². The zero-order valence-electron chi connectivity index (χ0n) is 18.3. The largest absolute Gasteiger partial charge is 0.497 e. The molecule has 0 amide bonds. The van der Waals surface area contributed by atoms with Crippen LogP contribution in [0.1, 0.15) is 34.2 Å². The van der Waals surface area contributed by atoms with Gasteiger partial charge in [0.1, 0.15) is 10.8 Å². The standard InChI is InChI=1S/C25H25N3O3S/c1-4-19-13-18(9-11-26-19)24-27-22(15-32-24)23-14-21(25(29)30)16(2)28(23)12-10-17-5-7-20(31-3)8-6-17/h5-9,11,13-15H,4,10,12H2,1-3H3,(H,29,30). The third-order valence-electron chi connectivity index (χ3n) is 5.57. The number of rotatable bonds is 8. The summed E-state index contributed by atoms with van der Waals surface area (Å²) in [5, 5.41) is 12.6. The predicted molar refractivity (Wildman–Crippen MR) is 127 cm³/mol. The number of aryl methyl sites for hydroxylation is 2. The molecule has 4 rings (SSSR count). The average Bonchev–Trinajstić information content (AvgIpc) is 3.43. The van der Waals surface area contributed by atoms with E-state index in [1.54, 1.807) is 30.7 Å². The van der Waals surface area contributed by atoms with Crippen LogP contribution in [-0.2, 0) is 19.4 Å². The van der Waals surface area contributed by atoms with Crippen molar-refractivity contribution in [3.05, 3.63) is 76.6 Å². The Kier molecular flexibility index (Phi) is 6.37. The second-order valence-corrected chi connectivity index (χ2v) is 8.37. The van der Waals surface area contributed by atoms with Crippen LogP contribution in [0.5, 0.6) is 5.75 Å². The van der Waals surface area contributed by atoms with E-state index in [1.807, 2.05) is 42.6 Å². The Labute approximate surface area is 191 Å². The number of nitrogens with zero attached hydrogens (tertiary/aromatic N) is 3. The van der Waals surface area contributed by atoms with Gasteiger partial charge in [-0.2, -0.15) is 0 Å². The number of carboxylic acid groups (broad SMARTS) is 1. The van der Waals surface area contributed by atoms with Gasteiger partial charge in [-0.05, 0) is 55.7 Å². The quantitative estimate of drug-likeness (QED) is 0.386. The second kappa shape index (κ2) is 9.36. The molecule has 0 fully saturated rings. The van der Waals surface area contributed by atoms with Gasteiger partial charge in [-0.25, -0.2) is 9.78 Å². The highest BCUT2D eigenvalue weighted by Gasteiger charge is 2.20. The summed E-state index contributed by atoms with van der Waals surface area (Å²) >= 11 is 1.55. The van der Waals surface area contributed by atoms with Crippen LogP contribution >= 0.6 is 11.3 Å². The summed E-state index contributed by atoms with van der Waals surface area (Å²) in [6.45, 7) is 4.58. The molecular weight excluding hydrogens is 422 g/mol. The van der Waals surface area contributed by atoms with Gasteiger partial charge < -0.3 is 14.4 Å². The number of methoxy groups -OCH3 is 1. The number of benzene rings is 1. The van der Waals surface area contributed by atoms with Gasteiger partial charge in [0, 0.05) is 35.1 Å². The molecule has 0 radical (unpaired) electrons. The minimum atomic E-state index is -0.927. The predicted octanol–water partition coefficient (Wildman–Crippen LogP) is 5.49. The van der Waals surface area contributed by atoms with Crippen molar-refractivity contribution in [2.45, 2.75) is 33.2 Å². The molecule has 1 N–H and O–H groups in total. The van der Waals surface area contributed by atoms with Gasteiger partial charge in [-0.3, -0.25) is 4.98 Å². The van der Waals surface area contributed by atoms with Crippen molar-refractivity contribution in [2.75, 3.05) is 7.11 Å². The number of ether oxygens (including phenoxy) is 1. The number of aromatic carboxylic acids is 1. The fourth-order valence-corrected chi connectivity index (χ4v) is 4.53. The topological polar surface area (TPSA) is 77.2 Å². The number of thiazole rings is 1. The highest BCUT2D eigenvalue weighted by atomic mass is 32.1. The summed E-state index contributed by atoms with van der Waals surface area (Å²) in [6.07, 6.45) is 3.44. The summed E-state index contributed by atoms with van der Waals surface area (Å²) in [4.78, 5) is 21.0. The smallest absolute Gasteiger partial charge is 0.337 e. The molecule has 3 aromatic heterocycles. The Hall–Kier alpha value is -3.45. The van der Waals surface area contributed by atoms with Crippen LogP contribution in [0, 0.1) is 6.92 Å². The van der Waals surface area contributed by atoms with Gasteiger partial charge in [0.2, 0.25) is 0 Å². The third-order valence-corrected chi connectivity index (χ3v) is 6.46. The molecule has 0 aliphatic carbocycles. The lowest BCUT2D eigenvalue weighted by Crippen LogP contribution is -2.07. The molecule has 4 aromatic rings. The molecule has 6 nitrogen and oxygen atoms in total. The lowest BCUT2D eigenvalue weighted by atomic mass is 10.1. The molecule has 0 aliphatic heterocycles. The van der Waals surface area contributed by atoms with Crippen molar-refractivity contribution in [1.82, 2.24) is 14.5 Å². The maximum atomic E-state index is 11.8. The number of aromatic nitrogens is 3. The van der Waals surface area contributed by atoms with E-state index in [1.165, 1.54) is 0 Å². The molecule has 3 heterocycles. The zero-order chi connectivity index (χ0) is 22.7. The molecule has 0 unspecified atom stereocenters. The molecule has 0 atom stereocenters. The highest BCUT2D eigenvalue weighted by molar-refractivity contribution is 7.13. The normalized spacial score (nSPS) is 11.0. The van der Waals surface area contributed by atoms with Gasteiger partial charge in [-0.15, -0.1) is 11.3 Å². The van der Waals surface area contributed by atoms with Crippen LogP contribution in [0.2, 0.25) is 0 Å². The SMILES string of the molecule is CCc1cc(-c2nc(-c3cc(C(=O)O)c(C)n3CCc3ccc(OC)cc3)cs2)ccn1. The zero-order valence-corrected chi connectivity index (χ0v) is 19.1. The van der Waals surface area contributed by atoms with Crippen LogP contribution in [0.4, 0.5) is 0 Å². The summed E-state index contributed by atoms with van der Waals surface area (Å²) < 4.78 is 7.28. The lowest BCUT2D eigenvalue weighted by Gasteiger charge is -2.11. The number of pyridine rings is 1. The Balaban J connectivity index is 1.66. The molecule has 0 aliphatic rings. The molecule has 164 valence electrons. The maximum Gasteiger partial charge on any atom is 0.337 e. The maximum absolute atomic E-state index is 11.8. The van der Waals surface area contributed by atoms with Crippen LogP contribution in [0.3, 0.4) is 0 Å². The molecule has 7 heteroatoms. The minimum Gasteiger partial charge on any atom is -0.497 e. The first-order valence-corrected chi connectivity index (χ1v) is 11.4. The van der Waals surface area contributed by atoms with Crippen LogP contribution in [0.15, 0.2) is 54.0 Å². The first kappa shape index (κ1) is 21.8. The number of carbonyl (C=O) groups is 1. The van der Waals surface area contributed by atoms with Gasteiger partial charge in [0.15, 0.2) is 0 Å². The fourth-order valence-electron chi connectivity index (χ4n) is 3.72. The summed E-state index contributed by atoms with van der Waals surface area (Å²) in [5.41, 5.74) is 5.84. The Bertz CT molecular complexity index is 1240. The average molecular weight is 448 g/mol. The third kappa shape index (κ3) is 4.43. The number of hydrogen-bond acceptors (Lipinski definition) is 5. The summed E-state index contributed by atoms with van der Waals surface area (Å²) in [6, 6.07) is 13.7. The Morgan fingerprint density at radius 1 is 1.19 bits per heavy atom. The van der Waals surface area contributed by atoms with E-state index in [2.05, 4.69) is 22.5 Å². The first-order chi connectivity index (χ1) is 15.5. The number of hydrogen-bond donors (Lipinski definition) is 1. The Morgan fingerprint density at radius 3 is 2.66 bits per heavy atom. The molecule has 0 saturated carbocycles. The van der Waals surface area contributed by atoms with Gasteiger partial charge >= 0.3 is 5.97 Å². The van der Waals surface area contributed by atoms with E-state index >= 15 is 0 Å². The van der Waals surface area contributed by atoms with Crippen LogP contribution in [0.25, 0.3) is 22.0 Å². The van der Waals surface area contributed by atoms with Gasteiger partial charge in [0.05, 0.1) is 24.1 Å². The van der Waals surface area contributed by atoms with Gasteiger partial charge in [-0.1, -0.05) is 19.1 Å². The van der Waals surface area contributed by atoms with Crippen LogP contribution in [-0.4, -0.2) is 32.7 Å². The monoisotopic (exact) mass is 447 g/mol. The Morgan fingerprint density at radius 2 is 1.97 bits per heavy atom. The van der Waals surface area contributed by atoms with Crippen molar-refractivity contribution in [3.8, 4) is 27.7 Å². The van der Waals surface area contributed by atoms with Crippen LogP contribution < -0.4 is 4.74 Å². The van der Waals surface area contributed by atoms with Crippen molar-refractivity contribution >= 4 is 17.3 Å². The van der Waals surface area contributed by atoms with E-state index in [4.69, 9.17) is 9.72 Å². The molecule has 1 aromatic carbocycles. The van der Waals surface area contributed by atoms with Crippen molar-refractivity contribution in [2.24, 2.45) is 0 Å². The van der Waals surface area contributed by atoms with E-state index in [0.717, 1.165) is 57.5 Å². The molecule has 0 spiro atoms. The van der Waals surface area contributed by atoms with E-state index in [0.29, 0.717) is 12.1 Å². The molecule has 0 saturated heterocycles. The number of carboxylic acids is 1. The molecule has 0 bridgehead atoms. The van der Waals surface area contributed by atoms with E-state index in [9.17, 15) is 9.90 Å². The lowest BCUT2D eigenvalue weighted by molar-refractivity contribution is 0.0696. The minimum absolute atomic E-state index is 0.307. The van der Waals surface area contributed by atoms with Crippen molar-refractivity contribution in [3.63, 3.8) is 0 Å². The molecular formula is C25H25N3O3S. The summed E-state index contributed by atoms with van der Waals surface area (Å²) in [7, 11) is 1.65. The highest BCUT2D eigenvalue weighted by Crippen LogP contribution is 2.32. The van der Waals surface area contributed by atoms with Gasteiger partial charge in [0.25, 0.3) is 0 Å². The van der Waals surface area contributed by atoms with E-state index in [-0.39, 0.29) is 0 Å². The molecule has 32 heavy (non-hydrogen) atoms. The second-order valence-electron chi connectivity index (χ2n) is 7.51. The first-order valence-electron chi connectivity index (χ1n) is 10.5. The van der Waals surface area contributed by atoms with Crippen molar-refractivity contribution in [1.29, 1.82) is 0 Å². The van der Waals surface area contributed by atoms with E-state index < -0.39 is 5.97 Å². The fraction of sp³-hybridized carbons (Fsp3) is 0.240. The summed E-state index contributed by atoms with van der Waals surface area (Å²) in [5.74, 6) is -0.110.